The van der Waals surface area contributed by atoms with Crippen molar-refractivity contribution in [1.82, 2.24) is 0 Å². The van der Waals surface area contributed by atoms with E-state index in [1.54, 1.807) is 0 Å². The summed E-state index contributed by atoms with van der Waals surface area (Å²) in [5.41, 5.74) is 0. The minimum atomic E-state index is -4.42. The number of nitrogens with zero attached hydrogens (tertiary/aromatic N) is 1. The summed E-state index contributed by atoms with van der Waals surface area (Å²) < 4.78 is 33.3. The van der Waals surface area contributed by atoms with Crippen molar-refractivity contribution in [2.45, 2.75) is 233 Å². The summed E-state index contributed by atoms with van der Waals surface area (Å²) >= 11 is 0. The summed E-state index contributed by atoms with van der Waals surface area (Å²) in [7, 11) is -1.90. The van der Waals surface area contributed by atoms with E-state index in [1.165, 1.54) is 237 Å². The predicted octanol–water partition coefficient (Wildman–Crippen LogP) is 13.5. The minimum Gasteiger partial charge on any atom is -0.726 e. The van der Waals surface area contributed by atoms with Crippen LogP contribution in [-0.2, 0) is 14.6 Å². The molecule has 0 aliphatic heterocycles. The van der Waals surface area contributed by atoms with Gasteiger partial charge in [0.15, 0.2) is 0 Å². The van der Waals surface area contributed by atoms with Crippen LogP contribution in [-0.4, -0.2) is 50.7 Å². The monoisotopic (exact) mass is 690 g/mol. The van der Waals surface area contributed by atoms with Crippen molar-refractivity contribution in [1.29, 1.82) is 0 Å². The lowest BCUT2D eigenvalue weighted by Crippen LogP contribution is -2.45. The van der Waals surface area contributed by atoms with Crippen molar-refractivity contribution in [3.63, 3.8) is 0 Å². The molecule has 0 fully saturated rings. The molecular formula is C41H87NO4S. The average Bonchev–Trinajstić information content (AvgIpc) is 3.04. The molecule has 0 aliphatic rings. The fourth-order valence-corrected chi connectivity index (χ4v) is 6.94. The summed E-state index contributed by atoms with van der Waals surface area (Å²) in [4.78, 5) is 0. The zero-order valence-electron chi connectivity index (χ0n) is 32.9. The fourth-order valence-electron chi connectivity index (χ4n) is 6.66. The molecule has 0 saturated carbocycles. The van der Waals surface area contributed by atoms with Gasteiger partial charge in [0, 0.05) is 0 Å². The summed E-state index contributed by atoms with van der Waals surface area (Å²) in [6.45, 7) is 12.5. The van der Waals surface area contributed by atoms with Gasteiger partial charge in [0.05, 0.1) is 33.3 Å². The van der Waals surface area contributed by atoms with Crippen LogP contribution in [0, 0.1) is 0 Å². The maximum Gasteiger partial charge on any atom is 0.217 e. The van der Waals surface area contributed by atoms with E-state index in [0.717, 1.165) is 0 Å². The van der Waals surface area contributed by atoms with Crippen molar-refractivity contribution >= 4 is 10.4 Å². The van der Waals surface area contributed by atoms with Crippen molar-refractivity contribution < 1.29 is 21.6 Å². The van der Waals surface area contributed by atoms with E-state index in [1.807, 2.05) is 0 Å². The Balaban J connectivity index is 0. The van der Waals surface area contributed by atoms with Crippen LogP contribution in [0.1, 0.15) is 233 Å². The van der Waals surface area contributed by atoms with Crippen LogP contribution in [0.15, 0.2) is 0 Å². The van der Waals surface area contributed by atoms with Gasteiger partial charge in [0.2, 0.25) is 10.4 Å². The van der Waals surface area contributed by atoms with Crippen molar-refractivity contribution in [2.75, 3.05) is 33.3 Å². The van der Waals surface area contributed by atoms with Crippen LogP contribution >= 0.6 is 0 Å². The van der Waals surface area contributed by atoms with Gasteiger partial charge in [-0.1, -0.05) is 194 Å². The highest BCUT2D eigenvalue weighted by Gasteiger charge is 2.17. The molecule has 0 atom stereocenters. The Morgan fingerprint density at radius 3 is 0.766 bits per heavy atom. The highest BCUT2D eigenvalue weighted by atomic mass is 32.3. The molecule has 0 aromatic rings. The first-order chi connectivity index (χ1) is 22.7. The third-order valence-corrected chi connectivity index (χ3v) is 10.7. The number of quaternary nitrogens is 1. The van der Waals surface area contributed by atoms with E-state index in [2.05, 4.69) is 32.0 Å². The molecule has 0 aliphatic carbocycles. The molecule has 0 rings (SSSR count). The Hall–Kier alpha value is -0.170. The summed E-state index contributed by atoms with van der Waals surface area (Å²) in [5.74, 6) is 0. The van der Waals surface area contributed by atoms with Crippen LogP contribution in [0.4, 0.5) is 0 Å². The van der Waals surface area contributed by atoms with Gasteiger partial charge < -0.3 is 9.04 Å². The molecule has 6 heteroatoms. The molecule has 286 valence electrons. The Kier molecular flexibility index (Phi) is 40.2. The lowest BCUT2D eigenvalue weighted by atomic mass is 10.0. The zero-order chi connectivity index (χ0) is 35.2. The van der Waals surface area contributed by atoms with E-state index < -0.39 is 10.4 Å². The van der Waals surface area contributed by atoms with E-state index in [0.29, 0.717) is 0 Å². The highest BCUT2D eigenvalue weighted by Crippen LogP contribution is 2.17. The first kappa shape index (κ1) is 48.9. The number of hydrogen-bond acceptors (Lipinski definition) is 4. The SMILES string of the molecule is CCCCCCCCCCCCCCCCCC[N+](C)(CC)CCCCCCCCCCCCCCCCCC.CCOS(=O)(=O)[O-]. The van der Waals surface area contributed by atoms with Crippen molar-refractivity contribution in [3.05, 3.63) is 0 Å². The van der Waals surface area contributed by atoms with Gasteiger partial charge in [0.1, 0.15) is 0 Å². The topological polar surface area (TPSA) is 66.4 Å². The number of rotatable bonds is 37. The van der Waals surface area contributed by atoms with Crippen LogP contribution in [0.25, 0.3) is 0 Å². The normalized spacial score (nSPS) is 12.0. The smallest absolute Gasteiger partial charge is 0.217 e. The minimum absolute atomic E-state index is 0.0914. The molecule has 0 spiro atoms. The molecule has 0 radical (unpaired) electrons. The van der Waals surface area contributed by atoms with Crippen LogP contribution in [0.5, 0.6) is 0 Å². The van der Waals surface area contributed by atoms with E-state index in [4.69, 9.17) is 0 Å². The van der Waals surface area contributed by atoms with Gasteiger partial charge in [0.25, 0.3) is 0 Å². The summed E-state index contributed by atoms with van der Waals surface area (Å²) in [6, 6.07) is 0. The molecule has 0 bridgehead atoms. The second-order valence-electron chi connectivity index (χ2n) is 14.8. The molecule has 0 aromatic heterocycles. The number of unbranched alkanes of at least 4 members (excludes halogenated alkanes) is 30. The lowest BCUT2D eigenvalue weighted by molar-refractivity contribution is -0.908. The van der Waals surface area contributed by atoms with Gasteiger partial charge in [-0.25, -0.2) is 8.42 Å². The summed E-state index contributed by atoms with van der Waals surface area (Å²) in [6.07, 6.45) is 47.0. The molecule has 47 heavy (non-hydrogen) atoms. The third-order valence-electron chi connectivity index (χ3n) is 10.1. The second kappa shape index (κ2) is 38.6. The van der Waals surface area contributed by atoms with E-state index in [9.17, 15) is 13.0 Å². The molecule has 0 unspecified atom stereocenters. The van der Waals surface area contributed by atoms with Gasteiger partial charge in [-0.3, -0.25) is 4.18 Å². The van der Waals surface area contributed by atoms with Crippen LogP contribution < -0.4 is 0 Å². The first-order valence-electron chi connectivity index (χ1n) is 21.2. The first-order valence-corrected chi connectivity index (χ1v) is 22.5. The van der Waals surface area contributed by atoms with Gasteiger partial charge in [-0.05, 0) is 39.5 Å². The third kappa shape index (κ3) is 43.8. The van der Waals surface area contributed by atoms with Gasteiger partial charge in [-0.15, -0.1) is 0 Å². The Labute approximate surface area is 297 Å². The molecular weight excluding hydrogens is 603 g/mol. The molecule has 0 saturated heterocycles. The molecule has 0 N–H and O–H groups in total. The van der Waals surface area contributed by atoms with Gasteiger partial charge in [-0.2, -0.15) is 0 Å². The summed E-state index contributed by atoms with van der Waals surface area (Å²) in [5, 5.41) is 0. The second-order valence-corrected chi connectivity index (χ2v) is 15.9. The maximum atomic E-state index is 9.45. The zero-order valence-corrected chi connectivity index (χ0v) is 33.8. The maximum absolute atomic E-state index is 9.45. The van der Waals surface area contributed by atoms with Crippen molar-refractivity contribution in [2.24, 2.45) is 0 Å². The van der Waals surface area contributed by atoms with Crippen LogP contribution in [0.2, 0.25) is 0 Å². The highest BCUT2D eigenvalue weighted by molar-refractivity contribution is 7.80. The van der Waals surface area contributed by atoms with Crippen molar-refractivity contribution in [3.8, 4) is 0 Å². The Morgan fingerprint density at radius 1 is 0.404 bits per heavy atom. The number of hydrogen-bond donors (Lipinski definition) is 0. The van der Waals surface area contributed by atoms with E-state index >= 15 is 0 Å². The molecule has 5 nitrogen and oxygen atoms in total. The predicted molar refractivity (Wildman–Crippen MR) is 207 cm³/mol. The fraction of sp³-hybridized carbons (Fsp3) is 1.00. The lowest BCUT2D eigenvalue weighted by Gasteiger charge is -2.33. The quantitative estimate of drug-likeness (QED) is 0.0282. The van der Waals surface area contributed by atoms with E-state index in [-0.39, 0.29) is 6.61 Å². The Bertz CT molecular complexity index is 649. The molecule has 0 amide bonds. The standard InChI is InChI=1S/C39H82N.C2H6O4S/c1-5-8-10-12-14-16-18-20-22-24-26-28-30-32-34-36-38-40(4,7-3)39-37-35-33-31-29-27-25-23-21-19-17-15-13-11-9-6-2;1-2-6-7(3,4)5/h5-39H2,1-4H3;2H2,1H3,(H,3,4,5)/q+1;/p-1. The van der Waals surface area contributed by atoms with Crippen LogP contribution in [0.3, 0.4) is 0 Å². The largest absolute Gasteiger partial charge is 0.726 e. The molecule has 0 aromatic carbocycles. The average molecular weight is 690 g/mol. The van der Waals surface area contributed by atoms with Gasteiger partial charge >= 0.3 is 0 Å². The Morgan fingerprint density at radius 2 is 0.617 bits per heavy atom. The molecule has 0 heterocycles.